The van der Waals surface area contributed by atoms with Gasteiger partial charge in [0.1, 0.15) is 0 Å². The molecule has 0 spiro atoms. The Morgan fingerprint density at radius 3 is 2.26 bits per heavy atom. The summed E-state index contributed by atoms with van der Waals surface area (Å²) in [6, 6.07) is 0.318. The molecule has 0 bridgehead atoms. The molecule has 1 rings (SSSR count). The van der Waals surface area contributed by atoms with Crippen molar-refractivity contribution in [2.75, 3.05) is 19.6 Å². The number of sulfonamides is 1. The molecule has 2 unspecified atom stereocenters. The molecule has 0 saturated carbocycles. The van der Waals surface area contributed by atoms with E-state index in [0.717, 1.165) is 6.42 Å². The third kappa shape index (κ3) is 4.43. The van der Waals surface area contributed by atoms with E-state index < -0.39 is 10.0 Å². The summed E-state index contributed by atoms with van der Waals surface area (Å²) in [5, 5.41) is 2.86. The minimum Gasteiger partial charge on any atom is -0.313 e. The molecule has 19 heavy (non-hydrogen) atoms. The molecule has 4 nitrogen and oxygen atoms in total. The molecule has 0 radical (unpaired) electrons. The van der Waals surface area contributed by atoms with Gasteiger partial charge in [-0.3, -0.25) is 0 Å². The summed E-state index contributed by atoms with van der Waals surface area (Å²) in [6.45, 7) is 14.3. The third-order valence-corrected chi connectivity index (χ3v) is 6.29. The van der Waals surface area contributed by atoms with Crippen molar-refractivity contribution in [2.45, 2.75) is 59.3 Å². The average molecular weight is 290 g/mol. The predicted molar refractivity (Wildman–Crippen MR) is 80.7 cm³/mol. The van der Waals surface area contributed by atoms with Gasteiger partial charge in [0.15, 0.2) is 0 Å². The van der Waals surface area contributed by atoms with Gasteiger partial charge in [-0.25, -0.2) is 12.7 Å². The van der Waals surface area contributed by atoms with Crippen LogP contribution in [0.25, 0.3) is 0 Å². The molecule has 0 aromatic rings. The summed E-state index contributed by atoms with van der Waals surface area (Å²) < 4.78 is 26.7. The first-order chi connectivity index (χ1) is 8.55. The van der Waals surface area contributed by atoms with Crippen LogP contribution in [0.15, 0.2) is 0 Å². The fourth-order valence-electron chi connectivity index (χ4n) is 2.43. The van der Waals surface area contributed by atoms with E-state index in [9.17, 15) is 8.42 Å². The smallest absolute Gasteiger partial charge is 0.217 e. The second-order valence-corrected chi connectivity index (χ2v) is 9.48. The Kier molecular flexibility index (Phi) is 5.43. The highest BCUT2D eigenvalue weighted by Gasteiger charge is 2.38. The number of rotatable bonds is 5. The number of hydrogen-bond acceptors (Lipinski definition) is 3. The monoisotopic (exact) mass is 290 g/mol. The zero-order valence-corrected chi connectivity index (χ0v) is 14.0. The zero-order valence-electron chi connectivity index (χ0n) is 13.2. The van der Waals surface area contributed by atoms with E-state index in [0.29, 0.717) is 31.6 Å². The van der Waals surface area contributed by atoms with Crippen LogP contribution in [0.2, 0.25) is 0 Å². The fraction of sp³-hybridized carbons (Fsp3) is 1.00. The molecule has 1 heterocycles. The lowest BCUT2D eigenvalue weighted by atomic mass is 9.80. The van der Waals surface area contributed by atoms with Gasteiger partial charge in [-0.15, -0.1) is 0 Å². The lowest BCUT2D eigenvalue weighted by Crippen LogP contribution is -2.42. The summed E-state index contributed by atoms with van der Waals surface area (Å²) in [6.07, 6.45) is 0.979. The maximum atomic E-state index is 12.5. The van der Waals surface area contributed by atoms with E-state index in [1.807, 2.05) is 13.8 Å². The molecule has 5 heteroatoms. The SMILES string of the molecule is CC(C)NCC(C)S(=O)(=O)N1CCC(C(C)(C)C)C1. The maximum Gasteiger partial charge on any atom is 0.217 e. The second kappa shape index (κ2) is 6.10. The second-order valence-electron chi connectivity index (χ2n) is 7.13. The lowest BCUT2D eigenvalue weighted by Gasteiger charge is -2.28. The molecule has 1 N–H and O–H groups in total. The lowest BCUT2D eigenvalue weighted by molar-refractivity contribution is 0.251. The molecule has 1 saturated heterocycles. The van der Waals surface area contributed by atoms with Crippen LogP contribution < -0.4 is 5.32 Å². The van der Waals surface area contributed by atoms with Gasteiger partial charge in [0.2, 0.25) is 10.0 Å². The van der Waals surface area contributed by atoms with Gasteiger partial charge in [-0.2, -0.15) is 0 Å². The Labute approximate surface area is 119 Å². The number of nitrogens with one attached hydrogen (secondary N) is 1. The van der Waals surface area contributed by atoms with Crippen LogP contribution >= 0.6 is 0 Å². The van der Waals surface area contributed by atoms with Gasteiger partial charge in [-0.1, -0.05) is 34.6 Å². The molecule has 0 aromatic carbocycles. The zero-order chi connectivity index (χ0) is 14.8. The molecule has 1 fully saturated rings. The predicted octanol–water partition coefficient (Wildman–Crippen LogP) is 2.07. The molecule has 0 aliphatic carbocycles. The van der Waals surface area contributed by atoms with Crippen molar-refractivity contribution < 1.29 is 8.42 Å². The first-order valence-corrected chi connectivity index (χ1v) is 8.77. The summed E-state index contributed by atoms with van der Waals surface area (Å²) >= 11 is 0. The van der Waals surface area contributed by atoms with E-state index in [1.54, 1.807) is 11.2 Å². The molecular formula is C14H30N2O2S. The van der Waals surface area contributed by atoms with Crippen molar-refractivity contribution in [1.82, 2.24) is 9.62 Å². The van der Waals surface area contributed by atoms with Crippen LogP contribution in [0.4, 0.5) is 0 Å². The molecule has 114 valence electrons. The van der Waals surface area contributed by atoms with Crippen LogP contribution in [0, 0.1) is 11.3 Å². The Balaban J connectivity index is 2.64. The average Bonchev–Trinajstić information content (AvgIpc) is 2.74. The Hall–Kier alpha value is -0.130. The first kappa shape index (κ1) is 16.9. The summed E-state index contributed by atoms with van der Waals surface area (Å²) in [5.41, 5.74) is 0.184. The molecule has 1 aliphatic heterocycles. The van der Waals surface area contributed by atoms with Crippen molar-refractivity contribution in [3.05, 3.63) is 0 Å². The van der Waals surface area contributed by atoms with Crippen molar-refractivity contribution in [3.63, 3.8) is 0 Å². The van der Waals surface area contributed by atoms with Gasteiger partial charge in [0, 0.05) is 25.7 Å². The van der Waals surface area contributed by atoms with E-state index in [2.05, 4.69) is 26.1 Å². The van der Waals surface area contributed by atoms with Crippen LogP contribution in [-0.4, -0.2) is 43.6 Å². The maximum absolute atomic E-state index is 12.5. The highest BCUT2D eigenvalue weighted by Crippen LogP contribution is 2.35. The van der Waals surface area contributed by atoms with E-state index >= 15 is 0 Å². The summed E-state index contributed by atoms with van der Waals surface area (Å²) in [7, 11) is -3.16. The third-order valence-electron chi connectivity index (χ3n) is 4.06. The van der Waals surface area contributed by atoms with Gasteiger partial charge in [0.25, 0.3) is 0 Å². The standard InChI is InChI=1S/C14H30N2O2S/c1-11(2)15-9-12(3)19(17,18)16-8-7-13(10-16)14(4,5)6/h11-13,15H,7-10H2,1-6H3. The van der Waals surface area contributed by atoms with Gasteiger partial charge >= 0.3 is 0 Å². The molecular weight excluding hydrogens is 260 g/mol. The van der Waals surface area contributed by atoms with Crippen LogP contribution in [0.3, 0.4) is 0 Å². The van der Waals surface area contributed by atoms with Crippen molar-refractivity contribution >= 4 is 10.0 Å². The minimum absolute atomic E-state index is 0.184. The Bertz CT molecular complexity index is 385. The summed E-state index contributed by atoms with van der Waals surface area (Å²) in [5.74, 6) is 0.465. The fourth-order valence-corrected chi connectivity index (χ4v) is 3.99. The highest BCUT2D eigenvalue weighted by molar-refractivity contribution is 7.89. The summed E-state index contributed by atoms with van der Waals surface area (Å²) in [4.78, 5) is 0. The van der Waals surface area contributed by atoms with Crippen molar-refractivity contribution in [3.8, 4) is 0 Å². The Morgan fingerprint density at radius 1 is 1.26 bits per heavy atom. The molecule has 1 aliphatic rings. The van der Waals surface area contributed by atoms with Gasteiger partial charge in [-0.05, 0) is 24.7 Å². The first-order valence-electron chi connectivity index (χ1n) is 7.27. The molecule has 2 atom stereocenters. The van der Waals surface area contributed by atoms with Crippen molar-refractivity contribution in [1.29, 1.82) is 0 Å². The Morgan fingerprint density at radius 2 is 1.84 bits per heavy atom. The number of nitrogens with zero attached hydrogens (tertiary/aromatic N) is 1. The van der Waals surface area contributed by atoms with E-state index in [4.69, 9.17) is 0 Å². The van der Waals surface area contributed by atoms with Gasteiger partial charge in [0.05, 0.1) is 5.25 Å². The number of hydrogen-bond donors (Lipinski definition) is 1. The molecule has 0 amide bonds. The topological polar surface area (TPSA) is 49.4 Å². The highest BCUT2D eigenvalue weighted by atomic mass is 32.2. The van der Waals surface area contributed by atoms with Crippen molar-refractivity contribution in [2.24, 2.45) is 11.3 Å². The van der Waals surface area contributed by atoms with E-state index in [-0.39, 0.29) is 10.7 Å². The van der Waals surface area contributed by atoms with Crippen LogP contribution in [0.5, 0.6) is 0 Å². The van der Waals surface area contributed by atoms with Crippen LogP contribution in [0.1, 0.15) is 48.0 Å². The normalized spacial score (nSPS) is 24.1. The largest absolute Gasteiger partial charge is 0.313 e. The quantitative estimate of drug-likeness (QED) is 0.843. The van der Waals surface area contributed by atoms with Gasteiger partial charge < -0.3 is 5.32 Å². The molecule has 0 aromatic heterocycles. The minimum atomic E-state index is -3.16. The van der Waals surface area contributed by atoms with Crippen LogP contribution in [-0.2, 0) is 10.0 Å². The van der Waals surface area contributed by atoms with E-state index in [1.165, 1.54) is 0 Å².